The van der Waals surface area contributed by atoms with E-state index in [-0.39, 0.29) is 11.6 Å². The number of allylic oxidation sites excluding steroid dienone is 1. The van der Waals surface area contributed by atoms with Crippen LogP contribution < -0.4 is 0 Å². The van der Waals surface area contributed by atoms with Crippen molar-refractivity contribution in [1.82, 2.24) is 0 Å². The lowest BCUT2D eigenvalue weighted by Gasteiger charge is -2.00. The van der Waals surface area contributed by atoms with Crippen molar-refractivity contribution >= 4 is 39.7 Å². The molecule has 0 unspecified atom stereocenters. The van der Waals surface area contributed by atoms with Crippen LogP contribution in [0, 0.1) is 10.1 Å². The molecule has 6 heteroatoms. The van der Waals surface area contributed by atoms with Gasteiger partial charge in [-0.15, -0.1) is 0 Å². The maximum atomic E-state index is 11.1. The van der Waals surface area contributed by atoms with Gasteiger partial charge in [0.25, 0.3) is 0 Å². The van der Waals surface area contributed by atoms with E-state index in [1.807, 2.05) is 6.07 Å². The summed E-state index contributed by atoms with van der Waals surface area (Å²) in [5, 5.41) is 10.5. The number of nitrogens with zero attached hydrogens (tertiary/aromatic N) is 1. The first-order chi connectivity index (χ1) is 9.10. The number of furan rings is 1. The smallest absolute Gasteiger partial charge is 0.401 e. The lowest BCUT2D eigenvalue weighted by Crippen LogP contribution is -1.86. The number of carbonyl (C=O) groups excluding carboxylic acids is 1. The summed E-state index contributed by atoms with van der Waals surface area (Å²) in [7, 11) is 0. The van der Waals surface area contributed by atoms with Gasteiger partial charge in [-0.05, 0) is 29.8 Å². The molecule has 0 N–H and O–H groups in total. The van der Waals surface area contributed by atoms with Crippen LogP contribution in [0.5, 0.6) is 0 Å². The molecule has 0 atom stereocenters. The molecule has 0 aliphatic heterocycles. The predicted octanol–water partition coefficient (Wildman–Crippen LogP) is 3.69. The number of benzene rings is 1. The minimum absolute atomic E-state index is 0.258. The van der Waals surface area contributed by atoms with Crippen LogP contribution >= 0.6 is 15.9 Å². The zero-order chi connectivity index (χ0) is 13.8. The largest absolute Gasteiger partial charge is 0.433 e. The fourth-order valence-corrected chi connectivity index (χ4v) is 1.92. The Morgan fingerprint density at radius 1 is 1.32 bits per heavy atom. The van der Waals surface area contributed by atoms with Crippen molar-refractivity contribution in [3.05, 3.63) is 62.3 Å². The average molecular weight is 322 g/mol. The molecule has 1 aromatic heterocycles. The first-order valence-electron chi connectivity index (χ1n) is 5.27. The number of carbonyl (C=O) groups is 1. The summed E-state index contributed by atoms with van der Waals surface area (Å²) in [4.78, 5) is 21.0. The van der Waals surface area contributed by atoms with Gasteiger partial charge in [-0.1, -0.05) is 28.1 Å². The second kappa shape index (κ2) is 5.62. The van der Waals surface area contributed by atoms with Crippen LogP contribution in [0.15, 0.2) is 45.3 Å². The van der Waals surface area contributed by atoms with Crippen LogP contribution in [0.4, 0.5) is 5.88 Å². The van der Waals surface area contributed by atoms with Crippen molar-refractivity contribution < 1.29 is 14.1 Å². The van der Waals surface area contributed by atoms with Crippen molar-refractivity contribution in [2.45, 2.75) is 0 Å². The number of nitro groups is 1. The highest BCUT2D eigenvalue weighted by Gasteiger charge is 2.11. The van der Waals surface area contributed by atoms with E-state index < -0.39 is 4.92 Å². The maximum absolute atomic E-state index is 11.1. The fourth-order valence-electron chi connectivity index (χ4n) is 1.52. The van der Waals surface area contributed by atoms with E-state index in [1.165, 1.54) is 18.2 Å². The molecular weight excluding hydrogens is 314 g/mol. The summed E-state index contributed by atoms with van der Waals surface area (Å²) in [6.07, 6.45) is 2.14. The molecule has 0 spiro atoms. The molecule has 1 aromatic carbocycles. The van der Waals surface area contributed by atoms with Crippen molar-refractivity contribution in [2.24, 2.45) is 0 Å². The molecule has 0 bridgehead atoms. The lowest BCUT2D eigenvalue weighted by atomic mass is 10.1. The van der Waals surface area contributed by atoms with Gasteiger partial charge in [0.1, 0.15) is 10.7 Å². The Kier molecular flexibility index (Phi) is 3.91. The highest BCUT2D eigenvalue weighted by Crippen LogP contribution is 2.23. The Bertz CT molecular complexity index is 660. The van der Waals surface area contributed by atoms with Crippen molar-refractivity contribution in [2.75, 3.05) is 0 Å². The summed E-state index contributed by atoms with van der Waals surface area (Å²) in [5.74, 6) is -0.0977. The van der Waals surface area contributed by atoms with E-state index in [9.17, 15) is 14.9 Å². The minimum atomic E-state index is -0.628. The quantitative estimate of drug-likeness (QED) is 0.372. The van der Waals surface area contributed by atoms with Crippen LogP contribution in [0.1, 0.15) is 11.3 Å². The highest BCUT2D eigenvalue weighted by atomic mass is 79.9. The van der Waals surface area contributed by atoms with Crippen LogP contribution in [-0.2, 0) is 4.79 Å². The van der Waals surface area contributed by atoms with E-state index in [2.05, 4.69) is 15.9 Å². The average Bonchev–Trinajstić information content (AvgIpc) is 2.84. The summed E-state index contributed by atoms with van der Waals surface area (Å²) in [6.45, 7) is 0. The van der Waals surface area contributed by atoms with Gasteiger partial charge in [0, 0.05) is 10.0 Å². The van der Waals surface area contributed by atoms with Gasteiger partial charge in [0.05, 0.1) is 6.07 Å². The highest BCUT2D eigenvalue weighted by molar-refractivity contribution is 9.10. The molecule has 19 heavy (non-hydrogen) atoms. The molecule has 2 aromatic rings. The van der Waals surface area contributed by atoms with Gasteiger partial charge >= 0.3 is 5.88 Å². The van der Waals surface area contributed by atoms with E-state index in [4.69, 9.17) is 4.42 Å². The van der Waals surface area contributed by atoms with E-state index in [0.717, 1.165) is 4.47 Å². The molecule has 0 saturated heterocycles. The molecule has 0 aliphatic rings. The molecule has 1 heterocycles. The molecule has 0 radical (unpaired) electrons. The second-order valence-electron chi connectivity index (χ2n) is 3.66. The molecule has 2 rings (SSSR count). The third-order valence-corrected chi connectivity index (χ3v) is 2.87. The topological polar surface area (TPSA) is 73.3 Å². The Balaban J connectivity index is 2.38. The first kappa shape index (κ1) is 13.2. The molecule has 0 aliphatic carbocycles. The van der Waals surface area contributed by atoms with E-state index in [1.54, 1.807) is 18.2 Å². The molecular formula is C13H8BrNO4. The van der Waals surface area contributed by atoms with Gasteiger partial charge in [-0.25, -0.2) is 0 Å². The first-order valence-corrected chi connectivity index (χ1v) is 6.06. The van der Waals surface area contributed by atoms with Crippen LogP contribution in [-0.4, -0.2) is 11.2 Å². The standard InChI is InChI=1S/C13H8BrNO4/c14-11-3-1-2-9(6-11)10(8-16)7-12-4-5-13(19-12)15(17)18/h1-8H. The minimum Gasteiger partial charge on any atom is -0.401 e. The third-order valence-electron chi connectivity index (χ3n) is 2.38. The van der Waals surface area contributed by atoms with Crippen LogP contribution in [0.3, 0.4) is 0 Å². The lowest BCUT2D eigenvalue weighted by molar-refractivity contribution is -0.402. The van der Waals surface area contributed by atoms with Crippen molar-refractivity contribution in [3.8, 4) is 0 Å². The van der Waals surface area contributed by atoms with Gasteiger partial charge in [-0.2, -0.15) is 0 Å². The summed E-state index contributed by atoms with van der Waals surface area (Å²) in [5.41, 5.74) is 1.08. The second-order valence-corrected chi connectivity index (χ2v) is 4.58. The van der Waals surface area contributed by atoms with Gasteiger partial charge in [0.2, 0.25) is 0 Å². The molecule has 0 amide bonds. The maximum Gasteiger partial charge on any atom is 0.433 e. The SMILES string of the molecule is O=CC(=Cc1ccc([N+](=O)[O-])o1)c1cccc(Br)c1. The van der Waals surface area contributed by atoms with Crippen molar-refractivity contribution in [3.63, 3.8) is 0 Å². The Hall–Kier alpha value is -2.21. The fraction of sp³-hybridized carbons (Fsp3) is 0. The zero-order valence-electron chi connectivity index (χ0n) is 9.58. The zero-order valence-corrected chi connectivity index (χ0v) is 11.2. The van der Waals surface area contributed by atoms with Crippen LogP contribution in [0.25, 0.3) is 11.6 Å². The third kappa shape index (κ3) is 3.17. The number of rotatable bonds is 4. The molecule has 0 saturated carbocycles. The van der Waals surface area contributed by atoms with Crippen LogP contribution in [0.2, 0.25) is 0 Å². The van der Waals surface area contributed by atoms with E-state index in [0.29, 0.717) is 17.4 Å². The monoisotopic (exact) mass is 321 g/mol. The van der Waals surface area contributed by atoms with E-state index >= 15 is 0 Å². The van der Waals surface area contributed by atoms with Crippen molar-refractivity contribution in [1.29, 1.82) is 0 Å². The van der Waals surface area contributed by atoms with Gasteiger partial charge in [0.15, 0.2) is 6.29 Å². The number of aldehydes is 1. The van der Waals surface area contributed by atoms with Gasteiger partial charge < -0.3 is 4.42 Å². The predicted molar refractivity (Wildman–Crippen MR) is 73.4 cm³/mol. The number of hydrogen-bond donors (Lipinski definition) is 0. The normalized spacial score (nSPS) is 11.3. The summed E-state index contributed by atoms with van der Waals surface area (Å²) >= 11 is 3.31. The Morgan fingerprint density at radius 2 is 2.11 bits per heavy atom. The summed E-state index contributed by atoms with van der Waals surface area (Å²) < 4.78 is 5.82. The molecule has 0 fully saturated rings. The molecule has 5 nitrogen and oxygen atoms in total. The number of hydrogen-bond acceptors (Lipinski definition) is 4. The Labute approximate surface area is 116 Å². The number of halogens is 1. The Morgan fingerprint density at radius 3 is 2.68 bits per heavy atom. The molecule has 96 valence electrons. The van der Waals surface area contributed by atoms with Gasteiger partial charge in [-0.3, -0.25) is 14.9 Å². The summed E-state index contributed by atoms with van der Waals surface area (Å²) in [6, 6.07) is 9.86.